The normalized spacial score (nSPS) is 7.92. The fraction of sp³-hybridized carbons (Fsp3) is 0.333. The van der Waals surface area contributed by atoms with E-state index in [1.165, 1.54) is 6.07 Å². The van der Waals surface area contributed by atoms with Crippen LogP contribution in [0.25, 0.3) is 0 Å². The first-order valence-corrected chi connectivity index (χ1v) is 3.76. The summed E-state index contributed by atoms with van der Waals surface area (Å²) in [6.07, 6.45) is 1.03. The topological polar surface area (TPSA) is 36.7 Å². The smallest absolute Gasteiger partial charge is 0.143 e. The van der Waals surface area contributed by atoms with Crippen molar-refractivity contribution < 1.29 is 4.39 Å². The maximum absolute atomic E-state index is 12.3. The molecule has 0 aliphatic carbocycles. The molecule has 0 spiro atoms. The average molecular weight is 166 g/mol. The second kappa shape index (κ2) is 5.25. The van der Waals surface area contributed by atoms with E-state index in [0.717, 1.165) is 6.20 Å². The van der Waals surface area contributed by atoms with Gasteiger partial charge in [-0.2, -0.15) is 5.26 Å². The summed E-state index contributed by atoms with van der Waals surface area (Å²) in [4.78, 5) is 3.56. The largest absolute Gasteiger partial charge is 0.242 e. The first kappa shape index (κ1) is 10.6. The second-order valence-corrected chi connectivity index (χ2v) is 1.93. The molecule has 0 fully saturated rings. The Balaban J connectivity index is 0.000000561. The summed E-state index contributed by atoms with van der Waals surface area (Å²) in [6.45, 7) is 5.65. The van der Waals surface area contributed by atoms with E-state index in [0.29, 0.717) is 5.56 Å². The van der Waals surface area contributed by atoms with Crippen LogP contribution in [0.1, 0.15) is 25.1 Å². The number of nitrogens with zero attached hydrogens (tertiary/aromatic N) is 2. The Kier molecular flexibility index (Phi) is 4.62. The van der Waals surface area contributed by atoms with Crippen LogP contribution >= 0.6 is 0 Å². The lowest BCUT2D eigenvalue weighted by Gasteiger charge is -1.92. The van der Waals surface area contributed by atoms with Crippen molar-refractivity contribution in [1.82, 2.24) is 4.98 Å². The van der Waals surface area contributed by atoms with E-state index in [4.69, 9.17) is 5.26 Å². The van der Waals surface area contributed by atoms with Crippen LogP contribution in [-0.2, 0) is 0 Å². The number of halogens is 1. The second-order valence-electron chi connectivity index (χ2n) is 1.93. The zero-order chi connectivity index (χ0) is 9.56. The molecular formula is C9H11FN2. The molecule has 0 unspecified atom stereocenters. The van der Waals surface area contributed by atoms with Gasteiger partial charge in [-0.1, -0.05) is 13.8 Å². The lowest BCUT2D eigenvalue weighted by molar-refractivity contribution is 0.619. The van der Waals surface area contributed by atoms with E-state index >= 15 is 0 Å². The highest BCUT2D eigenvalue weighted by molar-refractivity contribution is 5.29. The van der Waals surface area contributed by atoms with E-state index < -0.39 is 5.82 Å². The van der Waals surface area contributed by atoms with Gasteiger partial charge in [0.25, 0.3) is 0 Å². The van der Waals surface area contributed by atoms with E-state index in [1.54, 1.807) is 6.92 Å². The molecule has 1 aromatic heterocycles. The van der Waals surface area contributed by atoms with Gasteiger partial charge in [0.2, 0.25) is 0 Å². The predicted molar refractivity (Wildman–Crippen MR) is 45.0 cm³/mol. The fourth-order valence-corrected chi connectivity index (χ4v) is 0.658. The van der Waals surface area contributed by atoms with Gasteiger partial charge in [0, 0.05) is 0 Å². The highest BCUT2D eigenvalue weighted by Gasteiger charge is 1.97. The minimum Gasteiger partial charge on any atom is -0.242 e. The SMILES string of the molecule is CC.Cc1cc(F)cnc1C#N. The molecule has 1 aromatic rings. The highest BCUT2D eigenvalue weighted by Crippen LogP contribution is 2.03. The Morgan fingerprint density at radius 2 is 2.08 bits per heavy atom. The summed E-state index contributed by atoms with van der Waals surface area (Å²) in [6, 6.07) is 3.13. The van der Waals surface area contributed by atoms with Crippen LogP contribution < -0.4 is 0 Å². The van der Waals surface area contributed by atoms with E-state index in [1.807, 2.05) is 19.9 Å². The maximum Gasteiger partial charge on any atom is 0.143 e. The van der Waals surface area contributed by atoms with Crippen molar-refractivity contribution in [2.45, 2.75) is 20.8 Å². The van der Waals surface area contributed by atoms with Gasteiger partial charge in [-0.3, -0.25) is 0 Å². The maximum atomic E-state index is 12.3. The molecule has 0 bridgehead atoms. The van der Waals surface area contributed by atoms with Crippen molar-refractivity contribution >= 4 is 0 Å². The van der Waals surface area contributed by atoms with Crippen molar-refractivity contribution in [2.75, 3.05) is 0 Å². The van der Waals surface area contributed by atoms with Crippen LogP contribution in [0.5, 0.6) is 0 Å². The molecule has 1 heterocycles. The predicted octanol–water partition coefficient (Wildman–Crippen LogP) is 2.43. The third kappa shape index (κ3) is 2.67. The first-order valence-electron chi connectivity index (χ1n) is 3.76. The molecule has 0 N–H and O–H groups in total. The zero-order valence-corrected chi connectivity index (χ0v) is 7.43. The van der Waals surface area contributed by atoms with Crippen LogP contribution in [0.15, 0.2) is 12.3 Å². The molecule has 0 aliphatic heterocycles. The summed E-state index contributed by atoms with van der Waals surface area (Å²) in [7, 11) is 0. The lowest BCUT2D eigenvalue weighted by Crippen LogP contribution is -1.88. The van der Waals surface area contributed by atoms with Gasteiger partial charge in [0.1, 0.15) is 17.6 Å². The Labute approximate surface area is 71.7 Å². The van der Waals surface area contributed by atoms with Crippen molar-refractivity contribution in [3.05, 3.63) is 29.3 Å². The first-order chi connectivity index (χ1) is 5.74. The molecule has 1 rings (SSSR count). The summed E-state index contributed by atoms with van der Waals surface area (Å²) < 4.78 is 12.3. The Morgan fingerprint density at radius 3 is 2.50 bits per heavy atom. The Hall–Kier alpha value is -1.43. The van der Waals surface area contributed by atoms with Gasteiger partial charge in [0.05, 0.1) is 6.20 Å². The molecule has 12 heavy (non-hydrogen) atoms. The Bertz CT molecular complexity index is 289. The van der Waals surface area contributed by atoms with Gasteiger partial charge in [-0.25, -0.2) is 9.37 Å². The van der Waals surface area contributed by atoms with E-state index in [9.17, 15) is 4.39 Å². The van der Waals surface area contributed by atoms with Crippen LogP contribution in [0.4, 0.5) is 4.39 Å². The van der Waals surface area contributed by atoms with Gasteiger partial charge in [0.15, 0.2) is 0 Å². The molecule has 0 aromatic carbocycles. The highest BCUT2D eigenvalue weighted by atomic mass is 19.1. The van der Waals surface area contributed by atoms with Gasteiger partial charge >= 0.3 is 0 Å². The number of rotatable bonds is 0. The molecular weight excluding hydrogens is 155 g/mol. The monoisotopic (exact) mass is 166 g/mol. The summed E-state index contributed by atoms with van der Waals surface area (Å²) in [5.41, 5.74) is 0.851. The number of nitriles is 1. The Morgan fingerprint density at radius 1 is 1.50 bits per heavy atom. The molecule has 2 nitrogen and oxygen atoms in total. The fourth-order valence-electron chi connectivity index (χ4n) is 0.658. The van der Waals surface area contributed by atoms with Crippen molar-refractivity contribution in [2.24, 2.45) is 0 Å². The number of aromatic nitrogens is 1. The number of aryl methyl sites for hydroxylation is 1. The third-order valence-electron chi connectivity index (χ3n) is 1.15. The molecule has 0 radical (unpaired) electrons. The minimum atomic E-state index is -0.406. The number of hydrogen-bond acceptors (Lipinski definition) is 2. The molecule has 0 amide bonds. The summed E-state index contributed by atoms with van der Waals surface area (Å²) >= 11 is 0. The van der Waals surface area contributed by atoms with Crippen molar-refractivity contribution in [1.29, 1.82) is 5.26 Å². The van der Waals surface area contributed by atoms with E-state index in [2.05, 4.69) is 4.98 Å². The lowest BCUT2D eigenvalue weighted by atomic mass is 10.2. The molecule has 0 saturated carbocycles. The van der Waals surface area contributed by atoms with Crippen LogP contribution in [-0.4, -0.2) is 4.98 Å². The van der Waals surface area contributed by atoms with Crippen molar-refractivity contribution in [3.63, 3.8) is 0 Å². The van der Waals surface area contributed by atoms with Gasteiger partial charge in [-0.05, 0) is 18.6 Å². The third-order valence-corrected chi connectivity index (χ3v) is 1.15. The molecule has 64 valence electrons. The quantitative estimate of drug-likeness (QED) is 0.593. The van der Waals surface area contributed by atoms with Crippen molar-refractivity contribution in [3.8, 4) is 6.07 Å². The molecule has 0 aliphatic rings. The summed E-state index contributed by atoms with van der Waals surface area (Å²) in [5.74, 6) is -0.406. The standard InChI is InChI=1S/C7H5FN2.C2H6/c1-5-2-6(8)4-10-7(5)3-9;1-2/h2,4H,1H3;1-2H3. The number of pyridine rings is 1. The minimum absolute atomic E-state index is 0.279. The van der Waals surface area contributed by atoms with E-state index in [-0.39, 0.29) is 5.69 Å². The molecule has 0 atom stereocenters. The molecule has 3 heteroatoms. The average Bonchev–Trinajstić information content (AvgIpc) is 2.08. The molecule has 0 saturated heterocycles. The number of hydrogen-bond donors (Lipinski definition) is 0. The van der Waals surface area contributed by atoms with Crippen LogP contribution in [0, 0.1) is 24.1 Å². The summed E-state index contributed by atoms with van der Waals surface area (Å²) in [5, 5.41) is 8.37. The van der Waals surface area contributed by atoms with Gasteiger partial charge < -0.3 is 0 Å². The van der Waals surface area contributed by atoms with Crippen LogP contribution in [0.3, 0.4) is 0 Å². The van der Waals surface area contributed by atoms with Gasteiger partial charge in [-0.15, -0.1) is 0 Å². The van der Waals surface area contributed by atoms with Crippen LogP contribution in [0.2, 0.25) is 0 Å². The zero-order valence-electron chi connectivity index (χ0n) is 7.43.